The molecule has 0 unspecified atom stereocenters. The van der Waals surface area contributed by atoms with Gasteiger partial charge >= 0.3 is 0 Å². The minimum Gasteiger partial charge on any atom is -0.363 e. The Morgan fingerprint density at radius 2 is 2.00 bits per heavy atom. The van der Waals surface area contributed by atoms with Crippen LogP contribution >= 0.6 is 0 Å². The van der Waals surface area contributed by atoms with Crippen LogP contribution in [0.3, 0.4) is 0 Å². The third kappa shape index (κ3) is 2.72. The number of benzene rings is 1. The molecule has 1 heterocycles. The molecule has 2 rings (SSSR count). The summed E-state index contributed by atoms with van der Waals surface area (Å²) in [5.41, 5.74) is 1.89. The van der Waals surface area contributed by atoms with Crippen LogP contribution in [0.25, 0.3) is 0 Å². The molecule has 6 heteroatoms. The van der Waals surface area contributed by atoms with E-state index in [9.17, 15) is 8.78 Å². The third-order valence-corrected chi connectivity index (χ3v) is 3.02. The minimum absolute atomic E-state index is 0.0233. The van der Waals surface area contributed by atoms with Gasteiger partial charge in [0.05, 0.1) is 5.69 Å². The van der Waals surface area contributed by atoms with Gasteiger partial charge in [-0.3, -0.25) is 0 Å². The fourth-order valence-corrected chi connectivity index (χ4v) is 1.73. The summed E-state index contributed by atoms with van der Waals surface area (Å²) in [7, 11) is 0. The van der Waals surface area contributed by atoms with Crippen molar-refractivity contribution >= 4 is 5.82 Å². The standard InChI is InChI=1S/C14H12F2N4/c1-8-9(2)19-20-14(12(8)6-17)18-7-10-5-11(15)3-4-13(10)16/h3-5H,7H2,1-2H3,(H,18,20). The lowest BCUT2D eigenvalue weighted by Crippen LogP contribution is -2.08. The number of nitrogens with one attached hydrogen (secondary N) is 1. The lowest BCUT2D eigenvalue weighted by molar-refractivity contribution is 0.587. The van der Waals surface area contributed by atoms with Crippen LogP contribution in [0.4, 0.5) is 14.6 Å². The zero-order chi connectivity index (χ0) is 14.7. The second-order valence-corrected chi connectivity index (χ2v) is 4.34. The number of rotatable bonds is 3. The SMILES string of the molecule is Cc1nnc(NCc2cc(F)ccc2F)c(C#N)c1C. The predicted molar refractivity (Wildman–Crippen MR) is 69.9 cm³/mol. The van der Waals surface area contributed by atoms with E-state index in [1.807, 2.05) is 6.07 Å². The van der Waals surface area contributed by atoms with Crippen LogP contribution in [0.15, 0.2) is 18.2 Å². The molecule has 0 bridgehead atoms. The molecule has 102 valence electrons. The summed E-state index contributed by atoms with van der Waals surface area (Å²) in [4.78, 5) is 0. The molecule has 0 atom stereocenters. The second kappa shape index (κ2) is 5.61. The van der Waals surface area contributed by atoms with Gasteiger partial charge in [0.2, 0.25) is 0 Å². The van der Waals surface area contributed by atoms with Gasteiger partial charge < -0.3 is 5.32 Å². The molecular formula is C14H12F2N4. The van der Waals surface area contributed by atoms with Crippen molar-refractivity contribution < 1.29 is 8.78 Å². The van der Waals surface area contributed by atoms with E-state index in [4.69, 9.17) is 5.26 Å². The second-order valence-electron chi connectivity index (χ2n) is 4.34. The van der Waals surface area contributed by atoms with Gasteiger partial charge in [0.1, 0.15) is 23.3 Å². The monoisotopic (exact) mass is 274 g/mol. The zero-order valence-corrected chi connectivity index (χ0v) is 11.0. The Bertz CT molecular complexity index is 692. The molecule has 0 saturated heterocycles. The molecule has 0 saturated carbocycles. The van der Waals surface area contributed by atoms with E-state index in [2.05, 4.69) is 15.5 Å². The number of hydrogen-bond acceptors (Lipinski definition) is 4. The number of aryl methyl sites for hydroxylation is 1. The number of anilines is 1. The number of nitrogens with zero attached hydrogens (tertiary/aromatic N) is 3. The minimum atomic E-state index is -0.519. The van der Waals surface area contributed by atoms with E-state index < -0.39 is 11.6 Å². The summed E-state index contributed by atoms with van der Waals surface area (Å²) >= 11 is 0. The highest BCUT2D eigenvalue weighted by Crippen LogP contribution is 2.18. The first-order valence-corrected chi connectivity index (χ1v) is 5.94. The summed E-state index contributed by atoms with van der Waals surface area (Å²) in [5, 5.41) is 19.7. The van der Waals surface area contributed by atoms with E-state index in [0.29, 0.717) is 16.8 Å². The van der Waals surface area contributed by atoms with Crippen molar-refractivity contribution in [3.8, 4) is 6.07 Å². The fourth-order valence-electron chi connectivity index (χ4n) is 1.73. The van der Waals surface area contributed by atoms with Gasteiger partial charge in [-0.05, 0) is 37.6 Å². The first kappa shape index (κ1) is 13.9. The lowest BCUT2D eigenvalue weighted by Gasteiger charge is -2.10. The van der Waals surface area contributed by atoms with Crippen LogP contribution in [0, 0.1) is 36.8 Å². The molecular weight excluding hydrogens is 262 g/mol. The first-order valence-electron chi connectivity index (χ1n) is 5.94. The highest BCUT2D eigenvalue weighted by atomic mass is 19.1. The number of aromatic nitrogens is 2. The molecule has 0 aliphatic carbocycles. The van der Waals surface area contributed by atoms with E-state index in [0.717, 1.165) is 18.2 Å². The maximum absolute atomic E-state index is 13.5. The molecule has 0 aliphatic heterocycles. The average Bonchev–Trinajstić information content (AvgIpc) is 2.43. The maximum Gasteiger partial charge on any atom is 0.167 e. The first-order chi connectivity index (χ1) is 9.52. The van der Waals surface area contributed by atoms with Crippen molar-refractivity contribution in [3.05, 3.63) is 52.2 Å². The lowest BCUT2D eigenvalue weighted by atomic mass is 10.1. The maximum atomic E-state index is 13.5. The smallest absolute Gasteiger partial charge is 0.167 e. The van der Waals surface area contributed by atoms with Crippen LogP contribution in [0.2, 0.25) is 0 Å². The molecule has 0 fully saturated rings. The topological polar surface area (TPSA) is 61.6 Å². The molecule has 0 amide bonds. The van der Waals surface area contributed by atoms with E-state index in [-0.39, 0.29) is 17.9 Å². The van der Waals surface area contributed by atoms with Gasteiger partial charge in [0.15, 0.2) is 5.82 Å². The van der Waals surface area contributed by atoms with E-state index in [1.165, 1.54) is 0 Å². The van der Waals surface area contributed by atoms with Gasteiger partial charge in [-0.15, -0.1) is 5.10 Å². The van der Waals surface area contributed by atoms with Crippen molar-refractivity contribution in [1.82, 2.24) is 10.2 Å². The van der Waals surface area contributed by atoms with Gasteiger partial charge in [0.25, 0.3) is 0 Å². The quantitative estimate of drug-likeness (QED) is 0.934. The molecule has 1 aromatic heterocycles. The van der Waals surface area contributed by atoms with Gasteiger partial charge in [-0.1, -0.05) is 0 Å². The molecule has 0 aliphatic rings. The Morgan fingerprint density at radius 3 is 2.70 bits per heavy atom. The zero-order valence-electron chi connectivity index (χ0n) is 11.0. The summed E-state index contributed by atoms with van der Waals surface area (Å²) in [5.74, 6) is -0.775. The molecule has 1 N–H and O–H groups in total. The summed E-state index contributed by atoms with van der Waals surface area (Å²) < 4.78 is 26.6. The predicted octanol–water partition coefficient (Wildman–Crippen LogP) is 2.86. The normalized spacial score (nSPS) is 10.2. The molecule has 2 aromatic rings. The highest BCUT2D eigenvalue weighted by Gasteiger charge is 2.11. The van der Waals surface area contributed by atoms with Crippen molar-refractivity contribution in [2.75, 3.05) is 5.32 Å². The Morgan fingerprint density at radius 1 is 1.25 bits per heavy atom. The van der Waals surface area contributed by atoms with Crippen molar-refractivity contribution in [2.24, 2.45) is 0 Å². The van der Waals surface area contributed by atoms with E-state index >= 15 is 0 Å². The van der Waals surface area contributed by atoms with Gasteiger partial charge in [-0.25, -0.2) is 8.78 Å². The summed E-state index contributed by atoms with van der Waals surface area (Å²) in [6.45, 7) is 3.53. The third-order valence-electron chi connectivity index (χ3n) is 3.02. The van der Waals surface area contributed by atoms with Crippen molar-refractivity contribution in [3.63, 3.8) is 0 Å². The molecule has 0 radical (unpaired) electrons. The molecule has 0 spiro atoms. The van der Waals surface area contributed by atoms with Gasteiger partial charge in [-0.2, -0.15) is 10.4 Å². The van der Waals surface area contributed by atoms with Crippen LogP contribution in [0.1, 0.15) is 22.4 Å². The van der Waals surface area contributed by atoms with Crippen LogP contribution in [-0.4, -0.2) is 10.2 Å². The Kier molecular flexibility index (Phi) is 3.89. The Labute approximate surface area is 115 Å². The largest absolute Gasteiger partial charge is 0.363 e. The van der Waals surface area contributed by atoms with Crippen LogP contribution in [0.5, 0.6) is 0 Å². The Balaban J connectivity index is 2.26. The summed E-state index contributed by atoms with van der Waals surface area (Å²) in [6, 6.07) is 5.24. The van der Waals surface area contributed by atoms with Crippen molar-refractivity contribution in [1.29, 1.82) is 5.26 Å². The molecule has 20 heavy (non-hydrogen) atoms. The average molecular weight is 274 g/mol. The highest BCUT2D eigenvalue weighted by molar-refractivity contribution is 5.55. The number of halogens is 2. The molecule has 1 aromatic carbocycles. The number of nitriles is 1. The van der Waals surface area contributed by atoms with Crippen LogP contribution < -0.4 is 5.32 Å². The fraction of sp³-hybridized carbons (Fsp3) is 0.214. The summed E-state index contributed by atoms with van der Waals surface area (Å²) in [6.07, 6.45) is 0. The van der Waals surface area contributed by atoms with Gasteiger partial charge in [0, 0.05) is 12.1 Å². The molecule has 4 nitrogen and oxygen atoms in total. The van der Waals surface area contributed by atoms with E-state index in [1.54, 1.807) is 13.8 Å². The number of hydrogen-bond donors (Lipinski definition) is 1. The van der Waals surface area contributed by atoms with Crippen LogP contribution in [-0.2, 0) is 6.54 Å². The Hall–Kier alpha value is -2.55. The van der Waals surface area contributed by atoms with Crippen molar-refractivity contribution in [2.45, 2.75) is 20.4 Å².